The third-order valence-electron chi connectivity index (χ3n) is 6.16. The van der Waals surface area contributed by atoms with Crippen molar-refractivity contribution in [1.29, 1.82) is 0 Å². The van der Waals surface area contributed by atoms with Gasteiger partial charge in [-0.1, -0.05) is 11.1 Å². The summed E-state index contributed by atoms with van der Waals surface area (Å²) >= 11 is 0. The molecule has 0 saturated heterocycles. The largest absolute Gasteiger partial charge is 0.481 e. The standard InChI is InChI=1S/C21H30N4O5/c1-5-25-10-14(18(24-25)20(27)22-8-9-30-4)23-19(26)16-12-6-7-13(15(12)11(2)3)17(16)21(28)29/h10,12-13,16-17H,5-9H2,1-4H3,(H,22,27)(H,23,26)(H,28,29)/t12-,13-,16-,17+/m1/s1. The van der Waals surface area contributed by atoms with Gasteiger partial charge in [-0.15, -0.1) is 0 Å². The Bertz CT molecular complexity index is 871. The molecule has 0 aromatic carbocycles. The number of nitrogens with zero attached hydrogens (tertiary/aromatic N) is 2. The van der Waals surface area contributed by atoms with Gasteiger partial charge in [-0.3, -0.25) is 19.1 Å². The first-order valence-corrected chi connectivity index (χ1v) is 10.4. The van der Waals surface area contributed by atoms with E-state index in [4.69, 9.17) is 4.74 Å². The van der Waals surface area contributed by atoms with Crippen LogP contribution < -0.4 is 10.6 Å². The lowest BCUT2D eigenvalue weighted by Crippen LogP contribution is -2.38. The molecule has 1 aromatic heterocycles. The fourth-order valence-corrected chi connectivity index (χ4v) is 5.01. The molecular weight excluding hydrogens is 388 g/mol. The van der Waals surface area contributed by atoms with E-state index >= 15 is 0 Å². The Labute approximate surface area is 175 Å². The van der Waals surface area contributed by atoms with Crippen molar-refractivity contribution in [2.75, 3.05) is 25.6 Å². The van der Waals surface area contributed by atoms with Crippen molar-refractivity contribution in [3.05, 3.63) is 23.0 Å². The number of fused-ring (bicyclic) bond motifs is 2. The molecule has 0 aliphatic heterocycles. The number of nitrogens with one attached hydrogen (secondary N) is 2. The van der Waals surface area contributed by atoms with Crippen LogP contribution >= 0.6 is 0 Å². The van der Waals surface area contributed by atoms with Gasteiger partial charge >= 0.3 is 5.97 Å². The maximum Gasteiger partial charge on any atom is 0.307 e. The van der Waals surface area contributed by atoms with E-state index in [1.165, 1.54) is 0 Å². The first kappa shape index (κ1) is 22.0. The Morgan fingerprint density at radius 1 is 1.23 bits per heavy atom. The fraction of sp³-hybridized carbons (Fsp3) is 0.619. The lowest BCUT2D eigenvalue weighted by molar-refractivity contribution is -0.148. The van der Waals surface area contributed by atoms with Gasteiger partial charge in [0, 0.05) is 26.4 Å². The van der Waals surface area contributed by atoms with Crippen LogP contribution in [0.4, 0.5) is 5.69 Å². The van der Waals surface area contributed by atoms with Crippen LogP contribution in [0.5, 0.6) is 0 Å². The van der Waals surface area contributed by atoms with E-state index < -0.39 is 23.7 Å². The third-order valence-corrected chi connectivity index (χ3v) is 6.16. The van der Waals surface area contributed by atoms with E-state index in [1.54, 1.807) is 18.0 Å². The molecule has 1 heterocycles. The number of carboxylic acids is 1. The quantitative estimate of drug-likeness (QED) is 0.438. The molecule has 2 aliphatic carbocycles. The van der Waals surface area contributed by atoms with Gasteiger partial charge in [-0.25, -0.2) is 0 Å². The van der Waals surface area contributed by atoms with E-state index in [0.29, 0.717) is 25.4 Å². The lowest BCUT2D eigenvalue weighted by atomic mass is 9.78. The summed E-state index contributed by atoms with van der Waals surface area (Å²) in [4.78, 5) is 37.8. The Hall–Kier alpha value is -2.68. The molecule has 2 amide bonds. The predicted molar refractivity (Wildman–Crippen MR) is 110 cm³/mol. The normalized spacial score (nSPS) is 24.7. The molecule has 2 fully saturated rings. The van der Waals surface area contributed by atoms with Crippen molar-refractivity contribution in [3.8, 4) is 0 Å². The molecule has 3 rings (SSSR count). The summed E-state index contributed by atoms with van der Waals surface area (Å²) < 4.78 is 6.51. The first-order valence-electron chi connectivity index (χ1n) is 10.4. The maximum atomic E-state index is 13.2. The maximum absolute atomic E-state index is 13.2. The molecule has 164 valence electrons. The summed E-state index contributed by atoms with van der Waals surface area (Å²) in [6.45, 7) is 7.05. The molecule has 9 nitrogen and oxygen atoms in total. The zero-order valence-corrected chi connectivity index (χ0v) is 17.9. The second-order valence-electron chi connectivity index (χ2n) is 8.12. The van der Waals surface area contributed by atoms with Crippen LogP contribution in [0.15, 0.2) is 17.3 Å². The number of ether oxygens (including phenoxy) is 1. The number of aryl methyl sites for hydroxylation is 1. The van der Waals surface area contributed by atoms with Crippen LogP contribution in [-0.4, -0.2) is 52.9 Å². The Balaban J connectivity index is 1.85. The molecule has 2 saturated carbocycles. The highest BCUT2D eigenvalue weighted by molar-refractivity contribution is 6.03. The van der Waals surface area contributed by atoms with Crippen molar-refractivity contribution in [2.24, 2.45) is 23.7 Å². The fourth-order valence-electron chi connectivity index (χ4n) is 5.01. The topological polar surface area (TPSA) is 123 Å². The van der Waals surface area contributed by atoms with E-state index in [-0.39, 0.29) is 23.4 Å². The van der Waals surface area contributed by atoms with Crippen LogP contribution in [0.1, 0.15) is 44.1 Å². The number of allylic oxidation sites excluding steroid dienone is 2. The van der Waals surface area contributed by atoms with Crippen LogP contribution in [-0.2, 0) is 20.9 Å². The van der Waals surface area contributed by atoms with Crippen LogP contribution in [0.2, 0.25) is 0 Å². The van der Waals surface area contributed by atoms with E-state index in [2.05, 4.69) is 15.7 Å². The number of carboxylic acid groups (broad SMARTS) is 1. The van der Waals surface area contributed by atoms with Gasteiger partial charge < -0.3 is 20.5 Å². The number of aliphatic carboxylic acids is 1. The summed E-state index contributed by atoms with van der Waals surface area (Å²) in [5, 5.41) is 19.6. The van der Waals surface area contributed by atoms with Crippen LogP contribution in [0.25, 0.3) is 0 Å². The molecule has 0 spiro atoms. The highest BCUT2D eigenvalue weighted by Crippen LogP contribution is 2.57. The molecule has 4 atom stereocenters. The minimum absolute atomic E-state index is 0.0682. The summed E-state index contributed by atoms with van der Waals surface area (Å²) in [6, 6.07) is 0. The molecule has 9 heteroatoms. The Kier molecular flexibility index (Phi) is 6.60. The SMILES string of the molecule is CCn1cc(NC(=O)[C@H]2[C@@H](C(=O)O)[C@@H]3CC[C@@H]2C3=C(C)C)c(C(=O)NCCOC)n1. The molecule has 2 bridgehead atoms. The van der Waals surface area contributed by atoms with Gasteiger partial charge in [0.2, 0.25) is 5.91 Å². The van der Waals surface area contributed by atoms with Crippen molar-refractivity contribution in [2.45, 2.75) is 40.2 Å². The minimum atomic E-state index is -0.942. The van der Waals surface area contributed by atoms with Crippen molar-refractivity contribution < 1.29 is 24.2 Å². The first-order chi connectivity index (χ1) is 14.3. The van der Waals surface area contributed by atoms with Crippen molar-refractivity contribution in [3.63, 3.8) is 0 Å². The predicted octanol–water partition coefficient (Wildman–Crippen LogP) is 1.91. The monoisotopic (exact) mass is 418 g/mol. The van der Waals surface area contributed by atoms with Gasteiger partial charge in [-0.2, -0.15) is 5.10 Å². The van der Waals surface area contributed by atoms with E-state index in [9.17, 15) is 19.5 Å². The Morgan fingerprint density at radius 2 is 1.90 bits per heavy atom. The summed E-state index contributed by atoms with van der Waals surface area (Å²) in [7, 11) is 1.54. The molecule has 2 aliphatic rings. The number of hydrogen-bond donors (Lipinski definition) is 3. The molecule has 1 aromatic rings. The van der Waals surface area contributed by atoms with E-state index in [1.807, 2.05) is 20.8 Å². The van der Waals surface area contributed by atoms with Crippen LogP contribution in [0, 0.1) is 23.7 Å². The Morgan fingerprint density at radius 3 is 2.47 bits per heavy atom. The second kappa shape index (κ2) is 8.99. The number of rotatable bonds is 8. The summed E-state index contributed by atoms with van der Waals surface area (Å²) in [5.41, 5.74) is 2.62. The number of carbonyl (C=O) groups excluding carboxylic acids is 2. The summed E-state index contributed by atoms with van der Waals surface area (Å²) in [5.74, 6) is -3.28. The van der Waals surface area contributed by atoms with Crippen LogP contribution in [0.3, 0.4) is 0 Å². The average Bonchev–Trinajstić information content (AvgIpc) is 3.38. The zero-order valence-electron chi connectivity index (χ0n) is 17.9. The van der Waals surface area contributed by atoms with E-state index in [0.717, 1.165) is 24.0 Å². The highest BCUT2D eigenvalue weighted by atomic mass is 16.5. The number of aromatic nitrogens is 2. The molecule has 30 heavy (non-hydrogen) atoms. The smallest absolute Gasteiger partial charge is 0.307 e. The van der Waals surface area contributed by atoms with Gasteiger partial charge in [0.15, 0.2) is 5.69 Å². The molecule has 0 unspecified atom stereocenters. The lowest BCUT2D eigenvalue weighted by Gasteiger charge is -2.26. The summed E-state index contributed by atoms with van der Waals surface area (Å²) in [6.07, 6.45) is 3.21. The molecule has 3 N–H and O–H groups in total. The van der Waals surface area contributed by atoms with Crippen molar-refractivity contribution in [1.82, 2.24) is 15.1 Å². The van der Waals surface area contributed by atoms with Gasteiger partial charge in [-0.05, 0) is 45.4 Å². The number of hydrogen-bond acceptors (Lipinski definition) is 5. The molecule has 0 radical (unpaired) electrons. The number of methoxy groups -OCH3 is 1. The van der Waals surface area contributed by atoms with Gasteiger partial charge in [0.05, 0.1) is 24.1 Å². The second-order valence-corrected chi connectivity index (χ2v) is 8.12. The third kappa shape index (κ3) is 3.98. The number of anilines is 1. The minimum Gasteiger partial charge on any atom is -0.481 e. The average molecular weight is 418 g/mol. The number of amides is 2. The van der Waals surface area contributed by atoms with Crippen molar-refractivity contribution >= 4 is 23.5 Å². The highest BCUT2D eigenvalue weighted by Gasteiger charge is 2.57. The van der Waals surface area contributed by atoms with Gasteiger partial charge in [0.1, 0.15) is 0 Å². The number of carbonyl (C=O) groups is 3. The molecular formula is C21H30N4O5. The van der Waals surface area contributed by atoms with Gasteiger partial charge in [0.25, 0.3) is 5.91 Å². The zero-order chi connectivity index (χ0) is 22.0.